The summed E-state index contributed by atoms with van der Waals surface area (Å²) in [7, 11) is 0. The Morgan fingerprint density at radius 3 is 1.75 bits per heavy atom. The van der Waals surface area contributed by atoms with Crippen LogP contribution in [0.3, 0.4) is 0 Å². The average Bonchev–Trinajstić information content (AvgIpc) is 2.41. The van der Waals surface area contributed by atoms with Crippen LogP contribution in [-0.4, -0.2) is 35.0 Å². The lowest BCUT2D eigenvalue weighted by Crippen LogP contribution is -2.42. The van der Waals surface area contributed by atoms with Crippen molar-refractivity contribution in [2.24, 2.45) is 0 Å². The fourth-order valence-electron chi connectivity index (χ4n) is 2.94. The van der Waals surface area contributed by atoms with E-state index in [1.54, 1.807) is 0 Å². The molecular formula is C16H30O4. The van der Waals surface area contributed by atoms with Gasteiger partial charge in [-0.1, -0.05) is 44.9 Å². The first kappa shape index (κ1) is 17.4. The zero-order chi connectivity index (χ0) is 14.7. The highest BCUT2D eigenvalue weighted by atomic mass is 16.5. The molecule has 0 saturated heterocycles. The van der Waals surface area contributed by atoms with Gasteiger partial charge in [0.1, 0.15) is 0 Å². The van der Waals surface area contributed by atoms with Crippen LogP contribution in [0.15, 0.2) is 0 Å². The van der Waals surface area contributed by atoms with Crippen LogP contribution in [0.25, 0.3) is 0 Å². The minimum Gasteiger partial charge on any atom is -0.479 e. The minimum atomic E-state index is -1.02. The number of aliphatic carboxylic acids is 1. The van der Waals surface area contributed by atoms with Gasteiger partial charge in [-0.3, -0.25) is 0 Å². The summed E-state index contributed by atoms with van der Waals surface area (Å²) in [4.78, 5) is 11.7. The second kappa shape index (κ2) is 10.2. The number of hydrogen-bond donors (Lipinski definition) is 2. The standard InChI is InChI=1S/C16H30O4/c17-13-10-14-20-16(15(18)19)11-8-6-4-2-1-3-5-7-9-12-16/h17H,1-14H2,(H,18,19). The maximum atomic E-state index is 11.7. The van der Waals surface area contributed by atoms with Crippen LogP contribution in [0, 0.1) is 0 Å². The number of aliphatic hydroxyl groups is 1. The first-order valence-corrected chi connectivity index (χ1v) is 8.19. The van der Waals surface area contributed by atoms with Gasteiger partial charge < -0.3 is 14.9 Å². The highest BCUT2D eigenvalue weighted by molar-refractivity contribution is 5.77. The largest absolute Gasteiger partial charge is 0.479 e. The van der Waals surface area contributed by atoms with Crippen LogP contribution in [0.1, 0.15) is 77.0 Å². The van der Waals surface area contributed by atoms with E-state index in [2.05, 4.69) is 0 Å². The van der Waals surface area contributed by atoms with Crippen molar-refractivity contribution in [1.82, 2.24) is 0 Å². The van der Waals surface area contributed by atoms with E-state index in [4.69, 9.17) is 9.84 Å². The quantitative estimate of drug-likeness (QED) is 0.759. The molecule has 0 atom stereocenters. The molecule has 20 heavy (non-hydrogen) atoms. The van der Waals surface area contributed by atoms with Crippen molar-refractivity contribution < 1.29 is 19.7 Å². The van der Waals surface area contributed by atoms with Gasteiger partial charge in [-0.05, 0) is 32.1 Å². The van der Waals surface area contributed by atoms with Crippen LogP contribution in [0.4, 0.5) is 0 Å². The smallest absolute Gasteiger partial charge is 0.335 e. The normalized spacial score (nSPS) is 21.6. The van der Waals surface area contributed by atoms with Gasteiger partial charge in [0.05, 0.1) is 6.61 Å². The molecule has 0 bridgehead atoms. The number of carboxylic acid groups (broad SMARTS) is 1. The van der Waals surface area contributed by atoms with Gasteiger partial charge in [0.15, 0.2) is 5.60 Å². The van der Waals surface area contributed by atoms with Crippen LogP contribution in [0.2, 0.25) is 0 Å². The van der Waals surface area contributed by atoms with Gasteiger partial charge in [-0.25, -0.2) is 4.79 Å². The second-order valence-corrected chi connectivity index (χ2v) is 5.91. The third-order valence-corrected chi connectivity index (χ3v) is 4.23. The second-order valence-electron chi connectivity index (χ2n) is 5.91. The summed E-state index contributed by atoms with van der Waals surface area (Å²) in [6.07, 6.45) is 12.0. The first-order chi connectivity index (χ1) is 9.71. The van der Waals surface area contributed by atoms with Crippen molar-refractivity contribution in [1.29, 1.82) is 0 Å². The van der Waals surface area contributed by atoms with Gasteiger partial charge in [-0.15, -0.1) is 0 Å². The fourth-order valence-corrected chi connectivity index (χ4v) is 2.94. The molecule has 118 valence electrons. The van der Waals surface area contributed by atoms with E-state index >= 15 is 0 Å². The van der Waals surface area contributed by atoms with Crippen LogP contribution < -0.4 is 0 Å². The number of carbonyl (C=O) groups is 1. The molecule has 1 fully saturated rings. The number of rotatable bonds is 5. The first-order valence-electron chi connectivity index (χ1n) is 8.19. The van der Waals surface area contributed by atoms with Crippen LogP contribution in [0.5, 0.6) is 0 Å². The Morgan fingerprint density at radius 2 is 1.35 bits per heavy atom. The molecule has 0 unspecified atom stereocenters. The van der Waals surface area contributed by atoms with Crippen molar-refractivity contribution in [2.45, 2.75) is 82.7 Å². The summed E-state index contributed by atoms with van der Waals surface area (Å²) >= 11 is 0. The summed E-state index contributed by atoms with van der Waals surface area (Å²) in [5, 5.41) is 18.4. The third kappa shape index (κ3) is 6.23. The monoisotopic (exact) mass is 286 g/mol. The third-order valence-electron chi connectivity index (χ3n) is 4.23. The SMILES string of the molecule is O=C(O)C1(OCCCO)CCCCCCCCCCC1. The van der Waals surface area contributed by atoms with E-state index in [1.807, 2.05) is 0 Å². The molecule has 0 heterocycles. The fraction of sp³-hybridized carbons (Fsp3) is 0.938. The topological polar surface area (TPSA) is 66.8 Å². The minimum absolute atomic E-state index is 0.0513. The average molecular weight is 286 g/mol. The van der Waals surface area contributed by atoms with Gasteiger partial charge >= 0.3 is 5.97 Å². The molecule has 2 N–H and O–H groups in total. The number of carboxylic acids is 1. The van der Waals surface area contributed by atoms with Crippen LogP contribution in [-0.2, 0) is 9.53 Å². The molecule has 0 radical (unpaired) electrons. The zero-order valence-electron chi connectivity index (χ0n) is 12.6. The number of hydrogen-bond acceptors (Lipinski definition) is 3. The summed E-state index contributed by atoms with van der Waals surface area (Å²) in [6.45, 7) is 0.387. The van der Waals surface area contributed by atoms with Crippen molar-refractivity contribution >= 4 is 5.97 Å². The molecule has 0 spiro atoms. The summed E-state index contributed by atoms with van der Waals surface area (Å²) < 4.78 is 5.72. The Kier molecular flexibility index (Phi) is 8.86. The molecule has 1 rings (SSSR count). The Bertz CT molecular complexity index is 253. The maximum absolute atomic E-state index is 11.7. The molecule has 4 nitrogen and oxygen atoms in total. The van der Waals surface area contributed by atoms with Gasteiger partial charge in [0, 0.05) is 6.61 Å². The Hall–Kier alpha value is -0.610. The van der Waals surface area contributed by atoms with E-state index in [-0.39, 0.29) is 6.61 Å². The summed E-state index contributed by atoms with van der Waals surface area (Å²) in [5.41, 5.74) is -1.02. The van der Waals surface area contributed by atoms with Gasteiger partial charge in [0.2, 0.25) is 0 Å². The van der Waals surface area contributed by atoms with Gasteiger partial charge in [-0.2, -0.15) is 0 Å². The molecule has 0 aromatic heterocycles. The molecule has 0 amide bonds. The van der Waals surface area contributed by atoms with E-state index in [0.29, 0.717) is 25.9 Å². The number of ether oxygens (including phenoxy) is 1. The maximum Gasteiger partial charge on any atom is 0.335 e. The molecule has 0 aromatic carbocycles. The molecule has 1 aliphatic carbocycles. The zero-order valence-corrected chi connectivity index (χ0v) is 12.6. The lowest BCUT2D eigenvalue weighted by molar-refractivity contribution is -0.169. The highest BCUT2D eigenvalue weighted by Crippen LogP contribution is 2.29. The molecule has 0 aliphatic heterocycles. The van der Waals surface area contributed by atoms with Crippen molar-refractivity contribution in [3.63, 3.8) is 0 Å². The highest BCUT2D eigenvalue weighted by Gasteiger charge is 2.38. The van der Waals surface area contributed by atoms with E-state index in [1.165, 1.54) is 32.1 Å². The lowest BCUT2D eigenvalue weighted by Gasteiger charge is -2.30. The molecular weight excluding hydrogens is 256 g/mol. The van der Waals surface area contributed by atoms with Crippen molar-refractivity contribution in [3.8, 4) is 0 Å². The Balaban J connectivity index is 2.60. The Labute approximate surface area is 122 Å². The van der Waals surface area contributed by atoms with E-state index < -0.39 is 11.6 Å². The van der Waals surface area contributed by atoms with Crippen LogP contribution >= 0.6 is 0 Å². The Morgan fingerprint density at radius 1 is 0.900 bits per heavy atom. The number of aliphatic hydroxyl groups excluding tert-OH is 1. The van der Waals surface area contributed by atoms with Crippen molar-refractivity contribution in [3.05, 3.63) is 0 Å². The summed E-state index contributed by atoms with van der Waals surface area (Å²) in [6, 6.07) is 0. The van der Waals surface area contributed by atoms with Gasteiger partial charge in [0.25, 0.3) is 0 Å². The van der Waals surface area contributed by atoms with E-state index in [9.17, 15) is 9.90 Å². The summed E-state index contributed by atoms with van der Waals surface area (Å²) in [5.74, 6) is -0.826. The predicted molar refractivity (Wildman–Crippen MR) is 78.8 cm³/mol. The predicted octanol–water partition coefficient (Wildman–Crippen LogP) is 3.51. The molecule has 0 aromatic rings. The van der Waals surface area contributed by atoms with Crippen molar-refractivity contribution in [2.75, 3.05) is 13.2 Å². The lowest BCUT2D eigenvalue weighted by atomic mass is 9.88. The van der Waals surface area contributed by atoms with E-state index in [0.717, 1.165) is 25.7 Å². The molecule has 4 heteroatoms. The molecule has 1 saturated carbocycles. The molecule has 1 aliphatic rings.